The summed E-state index contributed by atoms with van der Waals surface area (Å²) in [6.07, 6.45) is 5.31. The van der Waals surface area contributed by atoms with Crippen molar-refractivity contribution in [3.8, 4) is 0 Å². The van der Waals surface area contributed by atoms with Gasteiger partial charge in [-0.25, -0.2) is 0 Å². The molecule has 4 atom stereocenters. The Kier molecular flexibility index (Phi) is 4.43. The molecule has 0 bridgehead atoms. The van der Waals surface area contributed by atoms with Gasteiger partial charge in [0.1, 0.15) is 0 Å². The Hall–Kier alpha value is -0.0400. The summed E-state index contributed by atoms with van der Waals surface area (Å²) in [5, 5.41) is 0. The van der Waals surface area contributed by atoms with Crippen LogP contribution in [-0.4, -0.2) is 6.04 Å². The van der Waals surface area contributed by atoms with Crippen LogP contribution in [0.25, 0.3) is 0 Å². The minimum Gasteiger partial charge on any atom is -0.327 e. The number of hydrogen-bond acceptors (Lipinski definition) is 1. The van der Waals surface area contributed by atoms with Crippen molar-refractivity contribution in [2.75, 3.05) is 0 Å². The van der Waals surface area contributed by atoms with Crippen LogP contribution in [-0.2, 0) is 0 Å². The van der Waals surface area contributed by atoms with E-state index in [9.17, 15) is 0 Å². The van der Waals surface area contributed by atoms with Crippen molar-refractivity contribution in [2.24, 2.45) is 29.4 Å². The SMILES string of the molecule is CCC(N)C1CC(C)CCC1C(C)C. The second-order valence-electron chi connectivity index (χ2n) is 5.56. The lowest BCUT2D eigenvalue weighted by atomic mass is 9.67. The second kappa shape index (κ2) is 5.16. The zero-order valence-corrected chi connectivity index (χ0v) is 10.3. The van der Waals surface area contributed by atoms with E-state index in [-0.39, 0.29) is 0 Å². The fourth-order valence-electron chi connectivity index (χ4n) is 3.07. The first kappa shape index (κ1) is 12.0. The normalized spacial score (nSPS) is 36.0. The van der Waals surface area contributed by atoms with E-state index in [1.807, 2.05) is 0 Å². The van der Waals surface area contributed by atoms with Crippen molar-refractivity contribution in [3.05, 3.63) is 0 Å². The van der Waals surface area contributed by atoms with Gasteiger partial charge in [0.05, 0.1) is 0 Å². The predicted molar refractivity (Wildman–Crippen MR) is 63.1 cm³/mol. The summed E-state index contributed by atoms with van der Waals surface area (Å²) in [5.41, 5.74) is 6.24. The number of hydrogen-bond donors (Lipinski definition) is 1. The summed E-state index contributed by atoms with van der Waals surface area (Å²) in [5.74, 6) is 3.36. The van der Waals surface area contributed by atoms with Gasteiger partial charge in [-0.15, -0.1) is 0 Å². The maximum absolute atomic E-state index is 6.24. The summed E-state index contributed by atoms with van der Waals surface area (Å²) in [4.78, 5) is 0. The molecule has 0 aromatic rings. The summed E-state index contributed by atoms with van der Waals surface area (Å²) in [6, 6.07) is 0.435. The molecule has 0 radical (unpaired) electrons. The van der Waals surface area contributed by atoms with Crippen LogP contribution in [0.5, 0.6) is 0 Å². The van der Waals surface area contributed by atoms with E-state index in [1.54, 1.807) is 0 Å². The molecule has 0 spiro atoms. The fraction of sp³-hybridized carbons (Fsp3) is 1.00. The van der Waals surface area contributed by atoms with E-state index in [0.717, 1.165) is 30.1 Å². The Balaban J connectivity index is 2.63. The minimum atomic E-state index is 0.435. The standard InChI is InChI=1S/C13H27N/c1-5-13(14)12-8-10(4)6-7-11(12)9(2)3/h9-13H,5-8,14H2,1-4H3. The molecule has 0 heterocycles. The second-order valence-corrected chi connectivity index (χ2v) is 5.56. The molecule has 1 rings (SSSR count). The van der Waals surface area contributed by atoms with Gasteiger partial charge in [0, 0.05) is 6.04 Å². The van der Waals surface area contributed by atoms with E-state index in [0.29, 0.717) is 6.04 Å². The maximum atomic E-state index is 6.24. The zero-order valence-electron chi connectivity index (χ0n) is 10.3. The van der Waals surface area contributed by atoms with Crippen LogP contribution in [0.2, 0.25) is 0 Å². The van der Waals surface area contributed by atoms with Crippen molar-refractivity contribution in [2.45, 2.75) is 59.4 Å². The van der Waals surface area contributed by atoms with Gasteiger partial charge in [-0.05, 0) is 42.9 Å². The monoisotopic (exact) mass is 197 g/mol. The summed E-state index contributed by atoms with van der Waals surface area (Å²) in [6.45, 7) is 9.32. The third kappa shape index (κ3) is 2.73. The molecule has 0 aromatic carbocycles. The Labute approximate surface area is 89.5 Å². The Morgan fingerprint density at radius 2 is 1.86 bits per heavy atom. The van der Waals surface area contributed by atoms with Gasteiger partial charge < -0.3 is 5.73 Å². The largest absolute Gasteiger partial charge is 0.327 e. The van der Waals surface area contributed by atoms with E-state index in [4.69, 9.17) is 5.73 Å². The molecule has 1 saturated carbocycles. The van der Waals surface area contributed by atoms with E-state index >= 15 is 0 Å². The van der Waals surface area contributed by atoms with E-state index in [1.165, 1.54) is 19.3 Å². The van der Waals surface area contributed by atoms with Crippen LogP contribution in [0, 0.1) is 23.7 Å². The molecule has 1 aliphatic carbocycles. The highest BCUT2D eigenvalue weighted by Crippen LogP contribution is 2.39. The Bertz CT molecular complexity index is 165. The van der Waals surface area contributed by atoms with Gasteiger partial charge >= 0.3 is 0 Å². The first-order valence-electron chi connectivity index (χ1n) is 6.31. The van der Waals surface area contributed by atoms with Crippen LogP contribution >= 0.6 is 0 Å². The maximum Gasteiger partial charge on any atom is 0.00673 e. The lowest BCUT2D eigenvalue weighted by molar-refractivity contribution is 0.119. The molecule has 84 valence electrons. The first-order chi connectivity index (χ1) is 6.56. The molecule has 0 aliphatic heterocycles. The average Bonchev–Trinajstić information content (AvgIpc) is 2.16. The molecule has 2 N–H and O–H groups in total. The molecule has 1 nitrogen and oxygen atoms in total. The zero-order chi connectivity index (χ0) is 10.7. The van der Waals surface area contributed by atoms with Crippen molar-refractivity contribution >= 4 is 0 Å². The predicted octanol–water partition coefficient (Wildman–Crippen LogP) is 3.43. The van der Waals surface area contributed by atoms with Crippen LogP contribution < -0.4 is 5.73 Å². The van der Waals surface area contributed by atoms with Crippen molar-refractivity contribution in [1.82, 2.24) is 0 Å². The van der Waals surface area contributed by atoms with Gasteiger partial charge in [-0.1, -0.05) is 34.1 Å². The van der Waals surface area contributed by atoms with Crippen molar-refractivity contribution in [3.63, 3.8) is 0 Å². The molecule has 0 saturated heterocycles. The summed E-state index contributed by atoms with van der Waals surface area (Å²) < 4.78 is 0. The smallest absolute Gasteiger partial charge is 0.00673 e. The molecule has 1 heteroatoms. The molecule has 14 heavy (non-hydrogen) atoms. The van der Waals surface area contributed by atoms with Gasteiger partial charge in [0.2, 0.25) is 0 Å². The third-order valence-corrected chi connectivity index (χ3v) is 4.09. The van der Waals surface area contributed by atoms with E-state index < -0.39 is 0 Å². The van der Waals surface area contributed by atoms with Crippen molar-refractivity contribution < 1.29 is 0 Å². The molecule has 1 aliphatic rings. The van der Waals surface area contributed by atoms with Gasteiger partial charge in [-0.3, -0.25) is 0 Å². The molecular weight excluding hydrogens is 170 g/mol. The molecular formula is C13H27N. The average molecular weight is 197 g/mol. The highest BCUT2D eigenvalue weighted by Gasteiger charge is 2.33. The third-order valence-electron chi connectivity index (χ3n) is 4.09. The van der Waals surface area contributed by atoms with Gasteiger partial charge in [0.15, 0.2) is 0 Å². The summed E-state index contributed by atoms with van der Waals surface area (Å²) in [7, 11) is 0. The Morgan fingerprint density at radius 1 is 1.21 bits per heavy atom. The quantitative estimate of drug-likeness (QED) is 0.737. The topological polar surface area (TPSA) is 26.0 Å². The lowest BCUT2D eigenvalue weighted by Crippen LogP contribution is -2.40. The van der Waals surface area contributed by atoms with Gasteiger partial charge in [0.25, 0.3) is 0 Å². The highest BCUT2D eigenvalue weighted by molar-refractivity contribution is 4.86. The van der Waals surface area contributed by atoms with Crippen LogP contribution in [0.15, 0.2) is 0 Å². The number of nitrogens with two attached hydrogens (primary N) is 1. The highest BCUT2D eigenvalue weighted by atomic mass is 14.7. The van der Waals surface area contributed by atoms with Crippen molar-refractivity contribution in [1.29, 1.82) is 0 Å². The lowest BCUT2D eigenvalue weighted by Gasteiger charge is -2.40. The fourth-order valence-corrected chi connectivity index (χ4v) is 3.07. The van der Waals surface area contributed by atoms with Crippen LogP contribution in [0.1, 0.15) is 53.4 Å². The first-order valence-corrected chi connectivity index (χ1v) is 6.31. The Morgan fingerprint density at radius 3 is 2.36 bits per heavy atom. The van der Waals surface area contributed by atoms with Crippen LogP contribution in [0.3, 0.4) is 0 Å². The molecule has 0 amide bonds. The summed E-state index contributed by atoms with van der Waals surface area (Å²) >= 11 is 0. The molecule has 1 fully saturated rings. The number of rotatable bonds is 3. The van der Waals surface area contributed by atoms with Gasteiger partial charge in [-0.2, -0.15) is 0 Å². The minimum absolute atomic E-state index is 0.435. The van der Waals surface area contributed by atoms with Crippen LogP contribution in [0.4, 0.5) is 0 Å². The molecule has 4 unspecified atom stereocenters. The van der Waals surface area contributed by atoms with E-state index in [2.05, 4.69) is 27.7 Å². The molecule has 0 aromatic heterocycles.